The number of phosphoric ester groups is 1. The van der Waals surface area contributed by atoms with E-state index in [4.69, 9.17) is 14.9 Å². The molecule has 9 heteroatoms. The SMILES string of the molecule is CCCCCCCCCCCCCOCC(O)COP(=O)(O)OCC(O)CO. The monoisotopic (exact) mass is 428 g/mol. The van der Waals surface area contributed by atoms with Crippen molar-refractivity contribution < 1.29 is 38.6 Å². The lowest BCUT2D eigenvalue weighted by Gasteiger charge is -2.16. The number of unbranched alkanes of at least 4 members (excludes halogenated alkanes) is 10. The smallest absolute Gasteiger partial charge is 0.394 e. The molecule has 8 nitrogen and oxygen atoms in total. The lowest BCUT2D eigenvalue weighted by Crippen LogP contribution is -2.23. The summed E-state index contributed by atoms with van der Waals surface area (Å²) in [6.45, 7) is 1.24. The zero-order valence-corrected chi connectivity index (χ0v) is 18.2. The summed E-state index contributed by atoms with van der Waals surface area (Å²) in [5.74, 6) is 0. The fraction of sp³-hybridized carbons (Fsp3) is 1.00. The van der Waals surface area contributed by atoms with Crippen LogP contribution in [0.2, 0.25) is 0 Å². The first kappa shape index (κ1) is 27.9. The fourth-order valence-corrected chi connectivity index (χ4v) is 3.38. The van der Waals surface area contributed by atoms with Crippen LogP contribution in [-0.4, -0.2) is 65.5 Å². The highest BCUT2D eigenvalue weighted by molar-refractivity contribution is 7.47. The molecule has 0 saturated carbocycles. The molecule has 28 heavy (non-hydrogen) atoms. The first-order valence-electron chi connectivity index (χ1n) is 10.6. The van der Waals surface area contributed by atoms with Crippen molar-refractivity contribution in [2.24, 2.45) is 0 Å². The highest BCUT2D eigenvalue weighted by Gasteiger charge is 2.24. The standard InChI is InChI=1S/C19H41O8P/c1-2-3-4-5-6-7-8-9-10-11-12-13-25-15-19(22)17-27-28(23,24)26-16-18(21)14-20/h18-22H,2-17H2,1H3,(H,23,24). The van der Waals surface area contributed by atoms with E-state index in [1.165, 1.54) is 57.8 Å². The third kappa shape index (κ3) is 19.3. The molecular weight excluding hydrogens is 387 g/mol. The Kier molecular flexibility index (Phi) is 18.9. The highest BCUT2D eigenvalue weighted by atomic mass is 31.2. The number of aliphatic hydroxyl groups excluding tert-OH is 3. The van der Waals surface area contributed by atoms with Gasteiger partial charge in [0.2, 0.25) is 0 Å². The van der Waals surface area contributed by atoms with Gasteiger partial charge in [0.25, 0.3) is 0 Å². The Bertz CT molecular complexity index is 383. The summed E-state index contributed by atoms with van der Waals surface area (Å²) in [5, 5.41) is 27.3. The second-order valence-corrected chi connectivity index (χ2v) is 8.61. The summed E-state index contributed by atoms with van der Waals surface area (Å²) in [7, 11) is -4.37. The van der Waals surface area contributed by atoms with E-state index < -0.39 is 39.9 Å². The topological polar surface area (TPSA) is 126 Å². The van der Waals surface area contributed by atoms with Crippen LogP contribution in [0.15, 0.2) is 0 Å². The quantitative estimate of drug-likeness (QED) is 0.162. The Balaban J connectivity index is 3.43. The van der Waals surface area contributed by atoms with Gasteiger partial charge < -0.3 is 24.9 Å². The molecule has 0 saturated heterocycles. The molecule has 0 spiro atoms. The number of ether oxygens (including phenoxy) is 1. The van der Waals surface area contributed by atoms with Crippen LogP contribution < -0.4 is 0 Å². The normalized spacial score (nSPS) is 16.0. The summed E-state index contributed by atoms with van der Waals surface area (Å²) in [5.41, 5.74) is 0. The molecular formula is C19H41O8P. The molecule has 0 heterocycles. The van der Waals surface area contributed by atoms with Crippen molar-refractivity contribution in [1.82, 2.24) is 0 Å². The Hall–Kier alpha value is -0.0500. The van der Waals surface area contributed by atoms with Gasteiger partial charge in [-0.2, -0.15) is 0 Å². The summed E-state index contributed by atoms with van der Waals surface area (Å²) in [6.07, 6.45) is 11.5. The van der Waals surface area contributed by atoms with Crippen LogP contribution in [-0.2, 0) is 18.3 Å². The van der Waals surface area contributed by atoms with E-state index in [-0.39, 0.29) is 6.61 Å². The average molecular weight is 429 g/mol. The predicted octanol–water partition coefficient (Wildman–Crippen LogP) is 3.16. The molecule has 0 fully saturated rings. The second-order valence-electron chi connectivity index (χ2n) is 7.16. The van der Waals surface area contributed by atoms with Gasteiger partial charge in [0.05, 0.1) is 26.4 Å². The molecule has 0 bridgehead atoms. The van der Waals surface area contributed by atoms with Gasteiger partial charge in [-0.15, -0.1) is 0 Å². The Morgan fingerprint density at radius 1 is 0.750 bits per heavy atom. The summed E-state index contributed by atoms with van der Waals surface area (Å²) in [6, 6.07) is 0. The van der Waals surface area contributed by atoms with Gasteiger partial charge in [-0.25, -0.2) is 4.57 Å². The number of hydrogen-bond donors (Lipinski definition) is 4. The van der Waals surface area contributed by atoms with Crippen molar-refractivity contribution >= 4 is 7.82 Å². The molecule has 3 unspecified atom stereocenters. The van der Waals surface area contributed by atoms with Crippen LogP contribution in [0.3, 0.4) is 0 Å². The third-order valence-corrected chi connectivity index (χ3v) is 5.22. The maximum absolute atomic E-state index is 11.5. The lowest BCUT2D eigenvalue weighted by molar-refractivity contribution is -0.00437. The zero-order valence-electron chi connectivity index (χ0n) is 17.3. The predicted molar refractivity (Wildman–Crippen MR) is 108 cm³/mol. The van der Waals surface area contributed by atoms with Crippen LogP contribution in [0.25, 0.3) is 0 Å². The molecule has 4 N–H and O–H groups in total. The highest BCUT2D eigenvalue weighted by Crippen LogP contribution is 2.43. The molecule has 0 radical (unpaired) electrons. The van der Waals surface area contributed by atoms with Crippen molar-refractivity contribution in [1.29, 1.82) is 0 Å². The van der Waals surface area contributed by atoms with Gasteiger partial charge in [-0.05, 0) is 6.42 Å². The van der Waals surface area contributed by atoms with Crippen LogP contribution in [0.4, 0.5) is 0 Å². The van der Waals surface area contributed by atoms with Crippen molar-refractivity contribution in [3.05, 3.63) is 0 Å². The molecule has 3 atom stereocenters. The van der Waals surface area contributed by atoms with E-state index >= 15 is 0 Å². The number of hydrogen-bond acceptors (Lipinski definition) is 7. The molecule has 0 amide bonds. The van der Waals surface area contributed by atoms with E-state index in [1.807, 2.05) is 0 Å². The van der Waals surface area contributed by atoms with Gasteiger partial charge in [-0.3, -0.25) is 9.05 Å². The van der Waals surface area contributed by atoms with Gasteiger partial charge >= 0.3 is 7.82 Å². The fourth-order valence-electron chi connectivity index (χ4n) is 2.59. The maximum Gasteiger partial charge on any atom is 0.472 e. The van der Waals surface area contributed by atoms with E-state index in [0.717, 1.165) is 12.8 Å². The number of phosphoric acid groups is 1. The van der Waals surface area contributed by atoms with Crippen molar-refractivity contribution in [3.63, 3.8) is 0 Å². The van der Waals surface area contributed by atoms with Gasteiger partial charge in [0.1, 0.15) is 12.2 Å². The first-order chi connectivity index (χ1) is 13.4. The molecule has 0 aliphatic heterocycles. The van der Waals surface area contributed by atoms with Crippen molar-refractivity contribution in [2.75, 3.05) is 33.0 Å². The number of rotatable bonds is 21. The lowest BCUT2D eigenvalue weighted by atomic mass is 10.1. The van der Waals surface area contributed by atoms with E-state index in [9.17, 15) is 14.6 Å². The molecule has 0 rings (SSSR count). The minimum atomic E-state index is -4.37. The molecule has 0 aromatic carbocycles. The minimum absolute atomic E-state index is 0.0109. The maximum atomic E-state index is 11.5. The van der Waals surface area contributed by atoms with Crippen LogP contribution in [0.5, 0.6) is 0 Å². The largest absolute Gasteiger partial charge is 0.472 e. The second kappa shape index (κ2) is 18.9. The van der Waals surface area contributed by atoms with Gasteiger partial charge in [0, 0.05) is 6.61 Å². The van der Waals surface area contributed by atoms with Gasteiger partial charge in [0.15, 0.2) is 0 Å². The molecule has 0 aromatic heterocycles. The van der Waals surface area contributed by atoms with Crippen LogP contribution >= 0.6 is 7.82 Å². The summed E-state index contributed by atoms with van der Waals surface area (Å²) in [4.78, 5) is 9.36. The van der Waals surface area contributed by atoms with Crippen LogP contribution in [0, 0.1) is 0 Å². The Labute approximate surface area is 169 Å². The molecule has 0 aromatic rings. The summed E-state index contributed by atoms with van der Waals surface area (Å²) < 4.78 is 25.9. The minimum Gasteiger partial charge on any atom is -0.394 e. The van der Waals surface area contributed by atoms with Crippen molar-refractivity contribution in [3.8, 4) is 0 Å². The van der Waals surface area contributed by atoms with E-state index in [1.54, 1.807) is 0 Å². The number of aliphatic hydroxyl groups is 3. The van der Waals surface area contributed by atoms with Gasteiger partial charge in [-0.1, -0.05) is 71.1 Å². The first-order valence-corrected chi connectivity index (χ1v) is 12.1. The Morgan fingerprint density at radius 3 is 1.71 bits per heavy atom. The van der Waals surface area contributed by atoms with E-state index in [0.29, 0.717) is 6.61 Å². The third-order valence-electron chi connectivity index (χ3n) is 4.27. The average Bonchev–Trinajstić information content (AvgIpc) is 2.68. The van der Waals surface area contributed by atoms with Crippen LogP contribution in [0.1, 0.15) is 77.6 Å². The zero-order chi connectivity index (χ0) is 21.1. The molecule has 0 aliphatic carbocycles. The summed E-state index contributed by atoms with van der Waals surface area (Å²) >= 11 is 0. The Morgan fingerprint density at radius 2 is 1.21 bits per heavy atom. The van der Waals surface area contributed by atoms with E-state index in [2.05, 4.69) is 16.0 Å². The van der Waals surface area contributed by atoms with Crippen molar-refractivity contribution in [2.45, 2.75) is 89.8 Å². The molecule has 170 valence electrons. The molecule has 0 aliphatic rings.